The molecule has 2 aromatic carbocycles. The van der Waals surface area contributed by atoms with E-state index in [1.54, 1.807) is 0 Å². The normalized spacial score (nSPS) is 11.6. The third kappa shape index (κ3) is 3.71. The number of anilines is 1. The molecule has 0 amide bonds. The van der Waals surface area contributed by atoms with E-state index in [0.717, 1.165) is 6.07 Å². The van der Waals surface area contributed by atoms with E-state index >= 15 is 0 Å². The summed E-state index contributed by atoms with van der Waals surface area (Å²) >= 11 is 35.0. The minimum atomic E-state index is -4.36. The second-order valence-electron chi connectivity index (χ2n) is 4.16. The molecule has 23 heavy (non-hydrogen) atoms. The highest BCUT2D eigenvalue weighted by molar-refractivity contribution is 7.93. The molecule has 0 aliphatic rings. The average Bonchev–Trinajstić information content (AvgIpc) is 2.46. The zero-order valence-corrected chi connectivity index (χ0v) is 16.0. The maximum Gasteiger partial charge on any atom is 0.267 e. The fourth-order valence-corrected chi connectivity index (χ4v) is 4.54. The van der Waals surface area contributed by atoms with Crippen LogP contribution in [-0.4, -0.2) is 13.5 Å². The predicted molar refractivity (Wildman–Crippen MR) is 95.4 cm³/mol. The Labute approximate surface area is 161 Å². The number of benzene rings is 2. The number of aromatic hydroxyl groups is 1. The monoisotopic (exact) mass is 453 g/mol. The molecule has 2 aromatic rings. The molecular formula is C12H5Cl6NO3S. The van der Waals surface area contributed by atoms with E-state index in [2.05, 4.69) is 4.72 Å². The molecule has 0 bridgehead atoms. The van der Waals surface area contributed by atoms with Gasteiger partial charge in [-0.15, -0.1) is 0 Å². The van der Waals surface area contributed by atoms with Crippen molar-refractivity contribution in [1.82, 2.24) is 0 Å². The average molecular weight is 456 g/mol. The second kappa shape index (κ2) is 6.92. The van der Waals surface area contributed by atoms with E-state index in [-0.39, 0.29) is 30.8 Å². The maximum absolute atomic E-state index is 12.5. The molecule has 0 aliphatic carbocycles. The van der Waals surface area contributed by atoms with Crippen molar-refractivity contribution in [2.45, 2.75) is 4.90 Å². The number of phenols is 1. The molecule has 0 radical (unpaired) electrons. The minimum Gasteiger partial charge on any atom is -0.505 e. The highest BCUT2D eigenvalue weighted by Gasteiger charge is 2.27. The van der Waals surface area contributed by atoms with Gasteiger partial charge >= 0.3 is 0 Å². The van der Waals surface area contributed by atoms with Crippen molar-refractivity contribution in [1.29, 1.82) is 0 Å². The Morgan fingerprint density at radius 3 is 2.04 bits per heavy atom. The summed E-state index contributed by atoms with van der Waals surface area (Å²) in [6, 6.07) is 3.76. The number of phenolic OH excluding ortho intramolecular Hbond substituents is 1. The van der Waals surface area contributed by atoms with Crippen LogP contribution >= 0.6 is 69.6 Å². The molecule has 2 N–H and O–H groups in total. The van der Waals surface area contributed by atoms with Crippen LogP contribution in [0.4, 0.5) is 5.69 Å². The van der Waals surface area contributed by atoms with E-state index < -0.39 is 25.7 Å². The molecule has 0 fully saturated rings. The summed E-state index contributed by atoms with van der Waals surface area (Å²) in [6.07, 6.45) is 0. The summed E-state index contributed by atoms with van der Waals surface area (Å²) in [5, 5.41) is 9.09. The summed E-state index contributed by atoms with van der Waals surface area (Å²) in [7, 11) is -4.36. The van der Waals surface area contributed by atoms with Crippen molar-refractivity contribution in [3.05, 3.63) is 48.3 Å². The van der Waals surface area contributed by atoms with Crippen LogP contribution in [0.5, 0.6) is 5.75 Å². The van der Waals surface area contributed by atoms with Gasteiger partial charge in [-0.3, -0.25) is 4.72 Å². The molecule has 0 saturated carbocycles. The number of sulfonamides is 1. The number of nitrogens with one attached hydrogen (secondary N) is 1. The van der Waals surface area contributed by atoms with Crippen LogP contribution in [0.15, 0.2) is 23.1 Å². The lowest BCUT2D eigenvalue weighted by atomic mass is 10.3. The van der Waals surface area contributed by atoms with Crippen LogP contribution < -0.4 is 4.72 Å². The van der Waals surface area contributed by atoms with Crippen LogP contribution in [0, 0.1) is 0 Å². The number of hydrogen-bond acceptors (Lipinski definition) is 3. The summed E-state index contributed by atoms with van der Waals surface area (Å²) in [4.78, 5) is -0.682. The highest BCUT2D eigenvalue weighted by atomic mass is 35.5. The topological polar surface area (TPSA) is 66.4 Å². The highest BCUT2D eigenvalue weighted by Crippen LogP contribution is 2.43. The molecule has 0 heterocycles. The minimum absolute atomic E-state index is 0.0343. The van der Waals surface area contributed by atoms with Crippen molar-refractivity contribution < 1.29 is 13.5 Å². The summed E-state index contributed by atoms with van der Waals surface area (Å²) in [5.41, 5.74) is -0.0624. The lowest BCUT2D eigenvalue weighted by molar-refractivity contribution is 0.459. The standard InChI is InChI=1S/C12H5Cl6NO3S/c13-4-1-2-7(10(18)8(4)16)19-23(21,22)12-9(17)5(14)3-6(15)11(12)20/h1-3,19-20H. The van der Waals surface area contributed by atoms with Crippen molar-refractivity contribution in [3.8, 4) is 5.75 Å². The second-order valence-corrected chi connectivity index (χ2v) is 8.14. The molecule has 0 spiro atoms. The summed E-state index contributed by atoms with van der Waals surface area (Å²) in [6.45, 7) is 0. The van der Waals surface area contributed by atoms with Gasteiger partial charge in [-0.2, -0.15) is 0 Å². The lowest BCUT2D eigenvalue weighted by Crippen LogP contribution is -2.14. The summed E-state index contributed by atoms with van der Waals surface area (Å²) in [5.74, 6) is -0.746. The molecule has 0 atom stereocenters. The Hall–Kier alpha value is -0.270. The zero-order chi connectivity index (χ0) is 17.5. The quantitative estimate of drug-likeness (QED) is 0.433. The molecule has 0 unspecified atom stereocenters. The molecular weight excluding hydrogens is 451 g/mol. The van der Waals surface area contributed by atoms with Gasteiger partial charge in [-0.05, 0) is 18.2 Å². The molecule has 124 valence electrons. The van der Waals surface area contributed by atoms with Crippen LogP contribution in [-0.2, 0) is 10.0 Å². The van der Waals surface area contributed by atoms with E-state index in [1.165, 1.54) is 12.1 Å². The van der Waals surface area contributed by atoms with Gasteiger partial charge in [0.15, 0.2) is 10.6 Å². The van der Waals surface area contributed by atoms with Gasteiger partial charge in [0.05, 0.1) is 35.8 Å². The van der Waals surface area contributed by atoms with E-state index in [0.29, 0.717) is 0 Å². The smallest absolute Gasteiger partial charge is 0.267 e. The van der Waals surface area contributed by atoms with Crippen molar-refractivity contribution in [3.63, 3.8) is 0 Å². The van der Waals surface area contributed by atoms with Crippen LogP contribution in [0.2, 0.25) is 30.1 Å². The Kier molecular flexibility index (Phi) is 5.74. The molecule has 4 nitrogen and oxygen atoms in total. The van der Waals surface area contributed by atoms with Gasteiger partial charge in [0, 0.05) is 0 Å². The van der Waals surface area contributed by atoms with Crippen LogP contribution in [0.25, 0.3) is 0 Å². The van der Waals surface area contributed by atoms with Gasteiger partial charge in [0.2, 0.25) is 0 Å². The molecule has 0 aliphatic heterocycles. The Balaban J connectivity index is 2.60. The SMILES string of the molecule is O=S(=O)(Nc1ccc(Cl)c(Cl)c1Cl)c1c(O)c(Cl)cc(Cl)c1Cl. The number of rotatable bonds is 3. The first-order chi connectivity index (χ1) is 10.6. The van der Waals surface area contributed by atoms with Gasteiger partial charge in [0.25, 0.3) is 10.0 Å². The lowest BCUT2D eigenvalue weighted by Gasteiger charge is -2.14. The van der Waals surface area contributed by atoms with Crippen molar-refractivity contribution in [2.24, 2.45) is 0 Å². The van der Waals surface area contributed by atoms with Crippen molar-refractivity contribution in [2.75, 3.05) is 4.72 Å². The molecule has 2 rings (SSSR count). The van der Waals surface area contributed by atoms with E-state index in [4.69, 9.17) is 69.6 Å². The first-order valence-electron chi connectivity index (χ1n) is 5.59. The van der Waals surface area contributed by atoms with Crippen LogP contribution in [0.3, 0.4) is 0 Å². The number of halogens is 6. The van der Waals surface area contributed by atoms with Gasteiger partial charge in [-0.1, -0.05) is 69.6 Å². The third-order valence-corrected chi connectivity index (χ3v) is 6.56. The Bertz CT molecular complexity index is 874. The van der Waals surface area contributed by atoms with Gasteiger partial charge in [0.1, 0.15) is 0 Å². The van der Waals surface area contributed by atoms with Gasteiger partial charge < -0.3 is 5.11 Å². The number of hydrogen-bond donors (Lipinski definition) is 2. The summed E-state index contributed by atoms with van der Waals surface area (Å²) < 4.78 is 27.1. The Morgan fingerprint density at radius 2 is 1.43 bits per heavy atom. The first kappa shape index (κ1) is 19.1. The molecule has 11 heteroatoms. The van der Waals surface area contributed by atoms with Crippen molar-refractivity contribution >= 4 is 85.3 Å². The molecule has 0 saturated heterocycles. The van der Waals surface area contributed by atoms with Crippen LogP contribution in [0.1, 0.15) is 0 Å². The maximum atomic E-state index is 12.5. The largest absolute Gasteiger partial charge is 0.505 e. The fourth-order valence-electron chi connectivity index (χ4n) is 1.61. The van der Waals surface area contributed by atoms with Gasteiger partial charge in [-0.25, -0.2) is 8.42 Å². The molecule has 0 aromatic heterocycles. The third-order valence-electron chi connectivity index (χ3n) is 2.65. The van der Waals surface area contributed by atoms with E-state index in [9.17, 15) is 13.5 Å². The van der Waals surface area contributed by atoms with E-state index in [1.807, 2.05) is 0 Å². The first-order valence-corrected chi connectivity index (χ1v) is 9.34. The predicted octanol–water partition coefficient (Wildman–Crippen LogP) is 6.11. The zero-order valence-electron chi connectivity index (χ0n) is 10.7. The Morgan fingerprint density at radius 1 is 0.826 bits per heavy atom. The fraction of sp³-hybridized carbons (Fsp3) is 0.